The standard InChI is InChI=1S/C18H22N6O2/c1-4-24(18(26)14-7-8-15(25)23(3)21-14)16(13-6-5-9-19-12-13)17-20-10-11-22(17)2/h5-6,9-12,16H,4,7-8H2,1-3H3. The van der Waals surface area contributed by atoms with Crippen LogP contribution in [0.5, 0.6) is 0 Å². The van der Waals surface area contributed by atoms with Crippen molar-refractivity contribution in [2.24, 2.45) is 12.1 Å². The molecule has 3 rings (SSSR count). The first-order valence-electron chi connectivity index (χ1n) is 8.55. The highest BCUT2D eigenvalue weighted by atomic mass is 16.2. The number of carbonyl (C=O) groups excluding carboxylic acids is 2. The van der Waals surface area contributed by atoms with Crippen LogP contribution in [0, 0.1) is 0 Å². The molecule has 0 aliphatic carbocycles. The fourth-order valence-corrected chi connectivity index (χ4v) is 3.08. The zero-order valence-electron chi connectivity index (χ0n) is 15.2. The SMILES string of the molecule is CCN(C(=O)C1=NN(C)C(=O)CC1)C(c1cccnc1)c1nccn1C. The number of hydrogen-bond donors (Lipinski definition) is 0. The number of hydrazone groups is 1. The van der Waals surface area contributed by atoms with Gasteiger partial charge in [0.2, 0.25) is 5.91 Å². The Kier molecular flexibility index (Phi) is 5.11. The molecule has 8 nitrogen and oxygen atoms in total. The second-order valence-corrected chi connectivity index (χ2v) is 6.14. The third-order valence-corrected chi connectivity index (χ3v) is 4.47. The van der Waals surface area contributed by atoms with Crippen LogP contribution >= 0.6 is 0 Å². The van der Waals surface area contributed by atoms with Crippen LogP contribution in [0.25, 0.3) is 0 Å². The molecule has 1 atom stereocenters. The highest BCUT2D eigenvalue weighted by Crippen LogP contribution is 2.27. The van der Waals surface area contributed by atoms with Crippen LogP contribution in [0.4, 0.5) is 0 Å². The highest BCUT2D eigenvalue weighted by Gasteiger charge is 2.33. The minimum atomic E-state index is -0.383. The molecule has 0 N–H and O–H groups in total. The van der Waals surface area contributed by atoms with Crippen LogP contribution in [0.3, 0.4) is 0 Å². The van der Waals surface area contributed by atoms with Gasteiger partial charge in [-0.3, -0.25) is 14.6 Å². The van der Waals surface area contributed by atoms with E-state index >= 15 is 0 Å². The summed E-state index contributed by atoms with van der Waals surface area (Å²) in [6, 6.07) is 3.39. The summed E-state index contributed by atoms with van der Waals surface area (Å²) in [5.41, 5.74) is 1.26. The molecule has 26 heavy (non-hydrogen) atoms. The molecule has 2 aromatic rings. The third-order valence-electron chi connectivity index (χ3n) is 4.47. The Morgan fingerprint density at radius 3 is 2.69 bits per heavy atom. The average Bonchev–Trinajstić information content (AvgIpc) is 3.07. The number of amides is 2. The fraction of sp³-hybridized carbons (Fsp3) is 0.389. The van der Waals surface area contributed by atoms with Crippen molar-refractivity contribution in [1.29, 1.82) is 0 Å². The first kappa shape index (κ1) is 17.8. The Morgan fingerprint density at radius 1 is 1.31 bits per heavy atom. The van der Waals surface area contributed by atoms with Crippen LogP contribution in [0.15, 0.2) is 42.0 Å². The van der Waals surface area contributed by atoms with E-state index in [0.717, 1.165) is 11.4 Å². The van der Waals surface area contributed by atoms with E-state index < -0.39 is 0 Å². The van der Waals surface area contributed by atoms with Crippen molar-refractivity contribution in [3.8, 4) is 0 Å². The van der Waals surface area contributed by atoms with Gasteiger partial charge in [0.15, 0.2) is 0 Å². The Bertz CT molecular complexity index is 829. The Balaban J connectivity index is 2.01. The second-order valence-electron chi connectivity index (χ2n) is 6.14. The van der Waals surface area contributed by atoms with Crippen LogP contribution in [-0.2, 0) is 16.6 Å². The van der Waals surface area contributed by atoms with E-state index in [4.69, 9.17) is 0 Å². The first-order valence-corrected chi connectivity index (χ1v) is 8.55. The van der Waals surface area contributed by atoms with Gasteiger partial charge in [-0.25, -0.2) is 9.99 Å². The van der Waals surface area contributed by atoms with Gasteiger partial charge in [-0.2, -0.15) is 5.10 Å². The topological polar surface area (TPSA) is 83.7 Å². The van der Waals surface area contributed by atoms with Gasteiger partial charge in [0.05, 0.1) is 0 Å². The number of hydrogen-bond acceptors (Lipinski definition) is 5. The van der Waals surface area contributed by atoms with Crippen LogP contribution in [-0.4, -0.2) is 55.6 Å². The molecule has 2 aromatic heterocycles. The maximum Gasteiger partial charge on any atom is 0.270 e. The molecule has 8 heteroatoms. The number of aromatic nitrogens is 3. The minimum absolute atomic E-state index is 0.0856. The molecule has 0 saturated carbocycles. The van der Waals surface area contributed by atoms with Gasteiger partial charge in [-0.05, 0) is 13.0 Å². The third kappa shape index (κ3) is 3.35. The predicted molar refractivity (Wildman–Crippen MR) is 96.1 cm³/mol. The molecule has 0 fully saturated rings. The van der Waals surface area contributed by atoms with Gasteiger partial charge < -0.3 is 9.47 Å². The van der Waals surface area contributed by atoms with E-state index in [2.05, 4.69) is 15.1 Å². The molecule has 1 aliphatic heterocycles. The predicted octanol–water partition coefficient (Wildman–Crippen LogP) is 1.36. The molecule has 0 radical (unpaired) electrons. The van der Waals surface area contributed by atoms with Crippen LogP contribution < -0.4 is 0 Å². The summed E-state index contributed by atoms with van der Waals surface area (Å²) in [6.45, 7) is 2.39. The van der Waals surface area contributed by atoms with Crippen molar-refractivity contribution in [3.63, 3.8) is 0 Å². The smallest absolute Gasteiger partial charge is 0.270 e. The van der Waals surface area contributed by atoms with E-state index in [0.29, 0.717) is 25.1 Å². The molecular weight excluding hydrogens is 332 g/mol. The summed E-state index contributed by atoms with van der Waals surface area (Å²) in [5.74, 6) is 0.468. The summed E-state index contributed by atoms with van der Waals surface area (Å²) in [6.07, 6.45) is 7.64. The first-order chi connectivity index (χ1) is 12.5. The molecule has 1 aliphatic rings. The average molecular weight is 354 g/mol. The minimum Gasteiger partial charge on any atom is -0.336 e. The lowest BCUT2D eigenvalue weighted by Crippen LogP contribution is -2.43. The molecule has 3 heterocycles. The summed E-state index contributed by atoms with van der Waals surface area (Å²) in [4.78, 5) is 35.2. The normalized spacial score (nSPS) is 15.6. The van der Waals surface area contributed by atoms with E-state index in [-0.39, 0.29) is 17.9 Å². The number of imidazole rings is 1. The number of nitrogens with zero attached hydrogens (tertiary/aromatic N) is 6. The fourth-order valence-electron chi connectivity index (χ4n) is 3.08. The van der Waals surface area contributed by atoms with Gasteiger partial charge >= 0.3 is 0 Å². The van der Waals surface area contributed by atoms with Crippen molar-refractivity contribution in [3.05, 3.63) is 48.3 Å². The molecule has 2 amide bonds. The van der Waals surface area contributed by atoms with Crippen molar-refractivity contribution in [1.82, 2.24) is 24.4 Å². The van der Waals surface area contributed by atoms with Crippen LogP contribution in [0.2, 0.25) is 0 Å². The Labute approximate surface area is 152 Å². The Morgan fingerprint density at radius 2 is 2.12 bits per heavy atom. The van der Waals surface area contributed by atoms with Gasteiger partial charge in [0, 0.05) is 63.8 Å². The molecular formula is C18H22N6O2. The quantitative estimate of drug-likeness (QED) is 0.812. The second kappa shape index (κ2) is 7.47. The summed E-state index contributed by atoms with van der Waals surface area (Å²) in [7, 11) is 3.47. The zero-order chi connectivity index (χ0) is 18.7. The largest absolute Gasteiger partial charge is 0.336 e. The van der Waals surface area contributed by atoms with Crippen molar-refractivity contribution in [2.45, 2.75) is 25.8 Å². The highest BCUT2D eigenvalue weighted by molar-refractivity contribution is 6.39. The molecule has 1 unspecified atom stereocenters. The number of pyridine rings is 1. The van der Waals surface area contributed by atoms with E-state index in [9.17, 15) is 9.59 Å². The summed E-state index contributed by atoms with van der Waals surface area (Å²) in [5, 5.41) is 5.42. The van der Waals surface area contributed by atoms with Crippen molar-refractivity contribution in [2.75, 3.05) is 13.6 Å². The van der Waals surface area contributed by atoms with Gasteiger partial charge in [0.25, 0.3) is 5.91 Å². The van der Waals surface area contributed by atoms with Crippen LogP contribution in [0.1, 0.15) is 37.2 Å². The van der Waals surface area contributed by atoms with E-state index in [1.165, 1.54) is 5.01 Å². The maximum atomic E-state index is 13.2. The van der Waals surface area contributed by atoms with Gasteiger partial charge in [-0.1, -0.05) is 6.07 Å². The summed E-state index contributed by atoms with van der Waals surface area (Å²) >= 11 is 0. The van der Waals surface area contributed by atoms with Crippen molar-refractivity contribution >= 4 is 17.5 Å². The van der Waals surface area contributed by atoms with Gasteiger partial charge in [0.1, 0.15) is 17.6 Å². The lowest BCUT2D eigenvalue weighted by atomic mass is 10.0. The Hall–Kier alpha value is -3.03. The molecule has 0 aromatic carbocycles. The van der Waals surface area contributed by atoms with E-state index in [1.807, 2.05) is 36.9 Å². The summed E-state index contributed by atoms with van der Waals surface area (Å²) < 4.78 is 1.89. The van der Waals surface area contributed by atoms with E-state index in [1.54, 1.807) is 30.5 Å². The maximum absolute atomic E-state index is 13.2. The lowest BCUT2D eigenvalue weighted by molar-refractivity contribution is -0.131. The van der Waals surface area contributed by atoms with Gasteiger partial charge in [-0.15, -0.1) is 0 Å². The van der Waals surface area contributed by atoms with Crippen molar-refractivity contribution < 1.29 is 9.59 Å². The zero-order valence-corrected chi connectivity index (χ0v) is 15.2. The molecule has 0 saturated heterocycles. The number of aryl methyl sites for hydroxylation is 1. The molecule has 0 spiro atoms. The molecule has 0 bridgehead atoms. The monoisotopic (exact) mass is 354 g/mol. The number of carbonyl (C=O) groups is 2. The molecule has 136 valence electrons. The lowest BCUT2D eigenvalue weighted by Gasteiger charge is -2.32. The number of rotatable bonds is 5.